The molecular formula is C12H11Cl2N3O. The van der Waals surface area contributed by atoms with Gasteiger partial charge in [0.15, 0.2) is 0 Å². The number of rotatable bonds is 3. The van der Waals surface area contributed by atoms with Gasteiger partial charge >= 0.3 is 0 Å². The van der Waals surface area contributed by atoms with E-state index in [1.807, 2.05) is 6.92 Å². The van der Waals surface area contributed by atoms with Gasteiger partial charge in [0.2, 0.25) is 5.95 Å². The highest BCUT2D eigenvalue weighted by Gasteiger charge is 2.12. The Morgan fingerprint density at radius 3 is 2.78 bits per heavy atom. The molecule has 0 saturated carbocycles. The Kier molecular flexibility index (Phi) is 3.89. The molecule has 6 heteroatoms. The summed E-state index contributed by atoms with van der Waals surface area (Å²) in [6, 6.07) is 6.77. The maximum atomic E-state index is 6.02. The third-order valence-electron chi connectivity index (χ3n) is 2.31. The Bertz CT molecular complexity index is 563. The predicted octanol–water partition coefficient (Wildman–Crippen LogP) is 3.51. The van der Waals surface area contributed by atoms with Gasteiger partial charge in [-0.2, -0.15) is 0 Å². The lowest BCUT2D eigenvalue weighted by atomic mass is 10.2. The average molecular weight is 284 g/mol. The molecule has 0 aliphatic heterocycles. The van der Waals surface area contributed by atoms with Gasteiger partial charge in [-0.3, -0.25) is 0 Å². The second-order valence-electron chi connectivity index (χ2n) is 3.67. The largest absolute Gasteiger partial charge is 0.483 e. The van der Waals surface area contributed by atoms with Gasteiger partial charge in [-0.25, -0.2) is 9.97 Å². The molecule has 4 nitrogen and oxygen atoms in total. The molecule has 0 fully saturated rings. The van der Waals surface area contributed by atoms with Gasteiger partial charge in [-0.1, -0.05) is 23.2 Å². The van der Waals surface area contributed by atoms with Crippen LogP contribution in [-0.4, -0.2) is 9.97 Å². The van der Waals surface area contributed by atoms with Crippen LogP contribution in [0.3, 0.4) is 0 Å². The van der Waals surface area contributed by atoms with Crippen molar-refractivity contribution in [2.24, 2.45) is 0 Å². The first-order valence-electron chi connectivity index (χ1n) is 5.26. The Balaban J connectivity index is 2.21. The second-order valence-corrected chi connectivity index (χ2v) is 4.52. The number of nitrogens with zero attached hydrogens (tertiary/aromatic N) is 2. The van der Waals surface area contributed by atoms with Gasteiger partial charge in [-0.05, 0) is 25.1 Å². The monoisotopic (exact) mass is 283 g/mol. The summed E-state index contributed by atoms with van der Waals surface area (Å²) in [5.74, 6) is 0.717. The van der Waals surface area contributed by atoms with Crippen molar-refractivity contribution >= 4 is 29.2 Å². The van der Waals surface area contributed by atoms with E-state index < -0.39 is 0 Å². The van der Waals surface area contributed by atoms with Crippen molar-refractivity contribution in [2.45, 2.75) is 13.0 Å². The number of nitrogen functional groups attached to an aromatic ring is 1. The molecule has 2 rings (SSSR count). The van der Waals surface area contributed by atoms with Gasteiger partial charge in [0.25, 0.3) is 0 Å². The van der Waals surface area contributed by atoms with E-state index in [0.29, 0.717) is 21.5 Å². The van der Waals surface area contributed by atoms with Crippen LogP contribution in [0.5, 0.6) is 5.75 Å². The number of halogens is 2. The predicted molar refractivity (Wildman–Crippen MR) is 71.9 cm³/mol. The molecule has 18 heavy (non-hydrogen) atoms. The lowest BCUT2D eigenvalue weighted by molar-refractivity contribution is 0.222. The molecule has 0 radical (unpaired) electrons. The zero-order valence-electron chi connectivity index (χ0n) is 9.60. The van der Waals surface area contributed by atoms with Crippen LogP contribution in [0, 0.1) is 0 Å². The Morgan fingerprint density at radius 1 is 1.28 bits per heavy atom. The lowest BCUT2D eigenvalue weighted by Gasteiger charge is -2.15. The fourth-order valence-electron chi connectivity index (χ4n) is 1.43. The van der Waals surface area contributed by atoms with E-state index in [9.17, 15) is 0 Å². The molecule has 94 valence electrons. The van der Waals surface area contributed by atoms with Crippen molar-refractivity contribution in [1.82, 2.24) is 9.97 Å². The molecular weight excluding hydrogens is 273 g/mol. The van der Waals surface area contributed by atoms with E-state index in [1.165, 1.54) is 0 Å². The molecule has 1 atom stereocenters. The first kappa shape index (κ1) is 12.9. The summed E-state index contributed by atoms with van der Waals surface area (Å²) in [5.41, 5.74) is 6.20. The SMILES string of the molecule is C[C@@H](Oc1cc(Cl)ccc1Cl)c1ccnc(N)n1. The first-order valence-corrected chi connectivity index (χ1v) is 6.02. The maximum absolute atomic E-state index is 6.02. The molecule has 1 aromatic heterocycles. The molecule has 0 amide bonds. The van der Waals surface area contributed by atoms with E-state index in [0.717, 1.165) is 0 Å². The van der Waals surface area contributed by atoms with Crippen molar-refractivity contribution in [2.75, 3.05) is 5.73 Å². The Labute approximate surface area is 115 Å². The lowest BCUT2D eigenvalue weighted by Crippen LogP contribution is -2.07. The highest BCUT2D eigenvalue weighted by molar-refractivity contribution is 6.34. The van der Waals surface area contributed by atoms with E-state index in [2.05, 4.69) is 9.97 Å². The molecule has 0 saturated heterocycles. The van der Waals surface area contributed by atoms with Crippen LogP contribution in [0.15, 0.2) is 30.5 Å². The molecule has 0 unspecified atom stereocenters. The summed E-state index contributed by atoms with van der Waals surface area (Å²) in [6.07, 6.45) is 1.28. The molecule has 0 aliphatic carbocycles. The number of nitrogens with two attached hydrogens (primary N) is 1. The van der Waals surface area contributed by atoms with Crippen LogP contribution >= 0.6 is 23.2 Å². The van der Waals surface area contributed by atoms with Gasteiger partial charge in [0.05, 0.1) is 10.7 Å². The molecule has 0 bridgehead atoms. The number of anilines is 1. The summed E-state index contributed by atoms with van der Waals surface area (Å²) < 4.78 is 5.70. The topological polar surface area (TPSA) is 61.0 Å². The highest BCUT2D eigenvalue weighted by atomic mass is 35.5. The number of aromatic nitrogens is 2. The minimum Gasteiger partial charge on any atom is -0.483 e. The fourth-order valence-corrected chi connectivity index (χ4v) is 1.76. The third kappa shape index (κ3) is 3.03. The van der Waals surface area contributed by atoms with Crippen LogP contribution in [0.25, 0.3) is 0 Å². The smallest absolute Gasteiger partial charge is 0.220 e. The zero-order chi connectivity index (χ0) is 13.1. The number of hydrogen-bond donors (Lipinski definition) is 1. The zero-order valence-corrected chi connectivity index (χ0v) is 11.1. The standard InChI is InChI=1S/C12H11Cl2N3O/c1-7(10-4-5-16-12(15)17-10)18-11-6-8(13)2-3-9(11)14/h2-7H,1H3,(H2,15,16,17)/t7-/m1/s1. The normalized spacial score (nSPS) is 12.2. The number of ether oxygens (including phenoxy) is 1. The fraction of sp³-hybridized carbons (Fsp3) is 0.167. The highest BCUT2D eigenvalue weighted by Crippen LogP contribution is 2.31. The van der Waals surface area contributed by atoms with E-state index in [1.54, 1.807) is 30.5 Å². The molecule has 0 spiro atoms. The van der Waals surface area contributed by atoms with Crippen molar-refractivity contribution in [3.63, 3.8) is 0 Å². The van der Waals surface area contributed by atoms with Crippen LogP contribution in [0.2, 0.25) is 10.0 Å². The first-order chi connectivity index (χ1) is 8.56. The minimum absolute atomic E-state index is 0.208. The maximum Gasteiger partial charge on any atom is 0.220 e. The van der Waals surface area contributed by atoms with E-state index >= 15 is 0 Å². The molecule has 0 aliphatic rings. The average Bonchev–Trinajstić information content (AvgIpc) is 2.34. The number of hydrogen-bond acceptors (Lipinski definition) is 4. The van der Waals surface area contributed by atoms with Crippen molar-refractivity contribution < 1.29 is 4.74 Å². The number of benzene rings is 1. The van der Waals surface area contributed by atoms with Crippen LogP contribution in [-0.2, 0) is 0 Å². The van der Waals surface area contributed by atoms with Gasteiger partial charge in [0.1, 0.15) is 11.9 Å². The summed E-state index contributed by atoms with van der Waals surface area (Å²) in [7, 11) is 0. The van der Waals surface area contributed by atoms with E-state index in [-0.39, 0.29) is 12.1 Å². The third-order valence-corrected chi connectivity index (χ3v) is 2.86. The minimum atomic E-state index is -0.300. The van der Waals surface area contributed by atoms with Crippen LogP contribution in [0.1, 0.15) is 18.7 Å². The van der Waals surface area contributed by atoms with Crippen LogP contribution < -0.4 is 10.5 Å². The van der Waals surface area contributed by atoms with Crippen molar-refractivity contribution in [1.29, 1.82) is 0 Å². The van der Waals surface area contributed by atoms with Gasteiger partial charge in [-0.15, -0.1) is 0 Å². The Morgan fingerprint density at radius 2 is 2.06 bits per heavy atom. The van der Waals surface area contributed by atoms with Crippen LogP contribution in [0.4, 0.5) is 5.95 Å². The van der Waals surface area contributed by atoms with E-state index in [4.69, 9.17) is 33.7 Å². The molecule has 1 heterocycles. The van der Waals surface area contributed by atoms with Gasteiger partial charge < -0.3 is 10.5 Å². The summed E-state index contributed by atoms with van der Waals surface area (Å²) in [5, 5.41) is 1.05. The Hall–Kier alpha value is -1.52. The van der Waals surface area contributed by atoms with Gasteiger partial charge in [0, 0.05) is 17.3 Å². The second kappa shape index (κ2) is 5.42. The van der Waals surface area contributed by atoms with Crippen molar-refractivity contribution in [3.8, 4) is 5.75 Å². The molecule has 1 aromatic carbocycles. The quantitative estimate of drug-likeness (QED) is 0.937. The molecule has 2 N–H and O–H groups in total. The summed E-state index contributed by atoms with van der Waals surface area (Å²) in [4.78, 5) is 7.91. The summed E-state index contributed by atoms with van der Waals surface area (Å²) >= 11 is 11.9. The van der Waals surface area contributed by atoms with Crippen molar-refractivity contribution in [3.05, 3.63) is 46.2 Å². The summed E-state index contributed by atoms with van der Waals surface area (Å²) in [6.45, 7) is 1.85. The molecule has 2 aromatic rings.